The number of nitrogens with zero attached hydrogens (tertiary/aromatic N) is 3. The van der Waals surface area contributed by atoms with Gasteiger partial charge in [-0.15, -0.1) is 0 Å². The molecule has 142 valence electrons. The summed E-state index contributed by atoms with van der Waals surface area (Å²) in [5.74, 6) is 0. The molecule has 1 N–H and O–H groups in total. The summed E-state index contributed by atoms with van der Waals surface area (Å²) in [6.07, 6.45) is 5.04. The van der Waals surface area contributed by atoms with Crippen LogP contribution in [0.2, 0.25) is 5.02 Å². The van der Waals surface area contributed by atoms with Crippen LogP contribution in [-0.2, 0) is 13.1 Å². The van der Waals surface area contributed by atoms with Gasteiger partial charge in [-0.05, 0) is 30.7 Å². The molecule has 1 aromatic heterocycles. The number of unbranched alkanes of at least 4 members (excludes halogenated alkanes) is 3. The number of hydrogen-bond acceptors (Lipinski definition) is 3. The van der Waals surface area contributed by atoms with E-state index in [2.05, 4.69) is 24.4 Å². The number of rotatable bonds is 10. The van der Waals surface area contributed by atoms with Gasteiger partial charge in [-0.25, -0.2) is 0 Å². The minimum atomic E-state index is 0.632. The highest BCUT2D eigenvalue weighted by molar-refractivity contribution is 6.30. The molecule has 0 aliphatic carbocycles. The minimum Gasteiger partial charge on any atom is -0.311 e. The van der Waals surface area contributed by atoms with E-state index in [0.717, 1.165) is 40.6 Å². The highest BCUT2D eigenvalue weighted by Crippen LogP contribution is 2.20. The summed E-state index contributed by atoms with van der Waals surface area (Å²) in [6.45, 7) is 4.61. The van der Waals surface area contributed by atoms with Crippen molar-refractivity contribution in [1.29, 1.82) is 0 Å². The van der Waals surface area contributed by atoms with Crippen molar-refractivity contribution in [3.63, 3.8) is 0 Å². The van der Waals surface area contributed by atoms with E-state index >= 15 is 0 Å². The normalized spacial score (nSPS) is 11.0. The zero-order chi connectivity index (χ0) is 18.9. The molecule has 0 spiro atoms. The smallest absolute Gasteiger partial charge is 0.117 e. The molecule has 1 heterocycles. The summed E-state index contributed by atoms with van der Waals surface area (Å²) in [7, 11) is 0. The predicted octanol–water partition coefficient (Wildman–Crippen LogP) is 5.32. The highest BCUT2D eigenvalue weighted by atomic mass is 35.5. The summed E-state index contributed by atoms with van der Waals surface area (Å²) in [4.78, 5) is 1.78. The van der Waals surface area contributed by atoms with Crippen LogP contribution in [-0.4, -0.2) is 21.5 Å². The van der Waals surface area contributed by atoms with Crippen LogP contribution in [0.5, 0.6) is 0 Å². The van der Waals surface area contributed by atoms with Gasteiger partial charge in [0.1, 0.15) is 11.4 Å². The van der Waals surface area contributed by atoms with Crippen molar-refractivity contribution in [3.05, 3.63) is 70.9 Å². The molecule has 0 saturated heterocycles. The van der Waals surface area contributed by atoms with Crippen molar-refractivity contribution in [2.75, 3.05) is 6.54 Å². The second kappa shape index (κ2) is 10.2. The highest BCUT2D eigenvalue weighted by Gasteiger charge is 2.13. The van der Waals surface area contributed by atoms with Crippen LogP contribution in [0.3, 0.4) is 0 Å². The van der Waals surface area contributed by atoms with Crippen LogP contribution in [0, 0.1) is 0 Å². The number of aromatic nitrogens is 3. The van der Waals surface area contributed by atoms with E-state index < -0.39 is 0 Å². The third-order valence-corrected chi connectivity index (χ3v) is 4.76. The van der Waals surface area contributed by atoms with E-state index in [4.69, 9.17) is 21.8 Å². The lowest BCUT2D eigenvalue weighted by Crippen LogP contribution is -2.16. The Morgan fingerprint density at radius 3 is 2.44 bits per heavy atom. The van der Waals surface area contributed by atoms with Gasteiger partial charge >= 0.3 is 0 Å². The third kappa shape index (κ3) is 5.91. The lowest BCUT2D eigenvalue weighted by molar-refractivity contribution is 0.565. The van der Waals surface area contributed by atoms with Crippen molar-refractivity contribution < 1.29 is 0 Å². The van der Waals surface area contributed by atoms with E-state index in [9.17, 15) is 0 Å². The average molecular weight is 383 g/mol. The molecule has 3 aromatic rings. The molecular formula is C22H27ClN4. The maximum Gasteiger partial charge on any atom is 0.117 e. The molecule has 4 nitrogen and oxygen atoms in total. The monoisotopic (exact) mass is 382 g/mol. The fourth-order valence-electron chi connectivity index (χ4n) is 3.03. The van der Waals surface area contributed by atoms with Gasteiger partial charge < -0.3 is 5.32 Å². The molecule has 0 bridgehead atoms. The van der Waals surface area contributed by atoms with Gasteiger partial charge in [0, 0.05) is 17.1 Å². The summed E-state index contributed by atoms with van der Waals surface area (Å²) >= 11 is 5.98. The molecule has 0 fully saturated rings. The zero-order valence-corrected chi connectivity index (χ0v) is 16.6. The van der Waals surface area contributed by atoms with Gasteiger partial charge in [0.25, 0.3) is 0 Å². The molecule has 0 atom stereocenters. The van der Waals surface area contributed by atoms with Crippen LogP contribution < -0.4 is 5.32 Å². The van der Waals surface area contributed by atoms with Crippen molar-refractivity contribution in [1.82, 2.24) is 20.3 Å². The van der Waals surface area contributed by atoms with E-state index in [0.29, 0.717) is 6.54 Å². The first-order valence-corrected chi connectivity index (χ1v) is 10.1. The predicted molar refractivity (Wildman–Crippen MR) is 112 cm³/mol. The first-order chi connectivity index (χ1) is 13.3. The maximum absolute atomic E-state index is 5.98. The maximum atomic E-state index is 5.98. The molecule has 0 aliphatic heterocycles. The Morgan fingerprint density at radius 2 is 1.70 bits per heavy atom. The fraction of sp³-hybridized carbons (Fsp3) is 0.364. The van der Waals surface area contributed by atoms with Gasteiger partial charge in [0.15, 0.2) is 0 Å². The van der Waals surface area contributed by atoms with Gasteiger partial charge in [0.05, 0.1) is 6.54 Å². The lowest BCUT2D eigenvalue weighted by atomic mass is 10.1. The number of hydrogen-bond donors (Lipinski definition) is 1. The molecule has 0 radical (unpaired) electrons. The second-order valence-corrected chi connectivity index (χ2v) is 7.19. The Morgan fingerprint density at radius 1 is 0.926 bits per heavy atom. The molecule has 0 aliphatic rings. The van der Waals surface area contributed by atoms with E-state index in [1.807, 2.05) is 42.5 Å². The number of nitrogens with one attached hydrogen (secondary N) is 1. The Bertz CT molecular complexity index is 812. The summed E-state index contributed by atoms with van der Waals surface area (Å²) in [6, 6.07) is 18.1. The molecule has 27 heavy (non-hydrogen) atoms. The molecule has 5 heteroatoms. The van der Waals surface area contributed by atoms with Crippen molar-refractivity contribution in [3.8, 4) is 11.3 Å². The SMILES string of the molecule is CCCCCCNCc1nn(Cc2ccc(Cl)cc2)nc1-c1ccccc1. The van der Waals surface area contributed by atoms with Gasteiger partial charge in [-0.3, -0.25) is 0 Å². The van der Waals surface area contributed by atoms with Crippen LogP contribution in [0.4, 0.5) is 0 Å². The molecule has 0 amide bonds. The van der Waals surface area contributed by atoms with Gasteiger partial charge in [-0.2, -0.15) is 15.0 Å². The minimum absolute atomic E-state index is 0.632. The molecule has 3 rings (SSSR count). The lowest BCUT2D eigenvalue weighted by Gasteiger charge is -2.04. The molecule has 0 unspecified atom stereocenters. The van der Waals surface area contributed by atoms with Crippen LogP contribution in [0.1, 0.15) is 43.9 Å². The largest absolute Gasteiger partial charge is 0.311 e. The average Bonchev–Trinajstić information content (AvgIpc) is 3.10. The van der Waals surface area contributed by atoms with E-state index in [-0.39, 0.29) is 0 Å². The zero-order valence-electron chi connectivity index (χ0n) is 15.9. The van der Waals surface area contributed by atoms with Gasteiger partial charge in [-0.1, -0.05) is 80.3 Å². The summed E-state index contributed by atoms with van der Waals surface area (Å²) in [5.41, 5.74) is 4.17. The standard InChI is InChI=1S/C22H27ClN4/c1-2-3-4-8-15-24-16-21-22(19-9-6-5-7-10-19)26-27(25-21)17-18-11-13-20(23)14-12-18/h5-7,9-14,24H,2-4,8,15-17H2,1H3. The Balaban J connectivity index is 1.71. The number of halogens is 1. The summed E-state index contributed by atoms with van der Waals surface area (Å²) < 4.78 is 0. The Kier molecular flexibility index (Phi) is 7.43. The summed E-state index contributed by atoms with van der Waals surface area (Å²) in [5, 5.41) is 13.8. The number of benzene rings is 2. The van der Waals surface area contributed by atoms with Crippen molar-refractivity contribution >= 4 is 11.6 Å². The van der Waals surface area contributed by atoms with E-state index in [1.54, 1.807) is 4.80 Å². The van der Waals surface area contributed by atoms with Crippen LogP contribution in [0.15, 0.2) is 54.6 Å². The molecule has 2 aromatic carbocycles. The first kappa shape index (κ1) is 19.6. The van der Waals surface area contributed by atoms with Crippen LogP contribution in [0.25, 0.3) is 11.3 Å². The Labute approximate surface area is 166 Å². The van der Waals surface area contributed by atoms with E-state index in [1.165, 1.54) is 25.7 Å². The van der Waals surface area contributed by atoms with Crippen LogP contribution >= 0.6 is 11.6 Å². The topological polar surface area (TPSA) is 42.7 Å². The van der Waals surface area contributed by atoms with Crippen molar-refractivity contribution in [2.45, 2.75) is 45.7 Å². The second-order valence-electron chi connectivity index (χ2n) is 6.76. The first-order valence-electron chi connectivity index (χ1n) is 9.71. The quantitative estimate of drug-likeness (QED) is 0.483. The fourth-order valence-corrected chi connectivity index (χ4v) is 3.16. The Hall–Kier alpha value is -2.17. The van der Waals surface area contributed by atoms with Crippen molar-refractivity contribution in [2.24, 2.45) is 0 Å². The van der Waals surface area contributed by atoms with Gasteiger partial charge in [0.2, 0.25) is 0 Å². The molecular weight excluding hydrogens is 356 g/mol. The molecule has 0 saturated carbocycles. The third-order valence-electron chi connectivity index (χ3n) is 4.51.